The smallest absolute Gasteiger partial charge is 0.444 e. The molecule has 0 aliphatic heterocycles. The number of hydrogen-bond donors (Lipinski definition) is 1. The Kier molecular flexibility index (Phi) is 6.13. The Morgan fingerprint density at radius 3 is 2.69 bits per heavy atom. The third-order valence-electron chi connectivity index (χ3n) is 2.71. The SMILES string of the molecule is CC(C)(C)OC(=O)NCC#Cc1nn2c(Br)cccc2c1SC(F)(F)F. The van der Waals surface area contributed by atoms with Gasteiger partial charge in [0.15, 0.2) is 0 Å². The third-order valence-corrected chi connectivity index (χ3v) is 4.15. The van der Waals surface area contributed by atoms with Crippen molar-refractivity contribution in [2.45, 2.75) is 36.8 Å². The molecule has 2 rings (SSSR count). The molecule has 10 heteroatoms. The van der Waals surface area contributed by atoms with Gasteiger partial charge in [0.1, 0.15) is 15.9 Å². The second-order valence-corrected chi connectivity index (χ2v) is 7.92. The van der Waals surface area contributed by atoms with Crippen LogP contribution in [0.15, 0.2) is 27.7 Å². The first kappa shape index (κ1) is 20.5. The second-order valence-electron chi connectivity index (χ2n) is 6.03. The minimum absolute atomic E-state index is 0.0230. The number of ether oxygens (including phenoxy) is 1. The lowest BCUT2D eigenvalue weighted by molar-refractivity contribution is -0.0327. The van der Waals surface area contributed by atoms with Crippen LogP contribution in [0.2, 0.25) is 0 Å². The Balaban J connectivity index is 2.23. The van der Waals surface area contributed by atoms with Crippen molar-refractivity contribution >= 4 is 39.3 Å². The van der Waals surface area contributed by atoms with Crippen LogP contribution in [0.1, 0.15) is 26.5 Å². The van der Waals surface area contributed by atoms with Crippen molar-refractivity contribution in [3.05, 3.63) is 28.5 Å². The van der Waals surface area contributed by atoms with Gasteiger partial charge in [-0.2, -0.15) is 18.3 Å². The van der Waals surface area contributed by atoms with Crippen LogP contribution in [0.4, 0.5) is 18.0 Å². The number of alkyl halides is 3. The van der Waals surface area contributed by atoms with Crippen LogP contribution in [-0.2, 0) is 4.74 Å². The highest BCUT2D eigenvalue weighted by molar-refractivity contribution is 9.10. The molecule has 26 heavy (non-hydrogen) atoms. The van der Waals surface area contributed by atoms with Gasteiger partial charge in [-0.3, -0.25) is 0 Å². The normalized spacial score (nSPS) is 11.8. The average Bonchev–Trinajstić information content (AvgIpc) is 2.80. The van der Waals surface area contributed by atoms with Crippen LogP contribution in [0.25, 0.3) is 5.52 Å². The molecule has 0 aromatic carbocycles. The van der Waals surface area contributed by atoms with E-state index in [1.165, 1.54) is 10.6 Å². The molecular formula is C16H15BrF3N3O2S. The van der Waals surface area contributed by atoms with Crippen LogP contribution >= 0.6 is 27.7 Å². The molecule has 0 spiro atoms. The molecule has 2 aromatic rings. The van der Waals surface area contributed by atoms with Gasteiger partial charge < -0.3 is 10.1 Å². The summed E-state index contributed by atoms with van der Waals surface area (Å²) in [5.41, 5.74) is -4.87. The van der Waals surface area contributed by atoms with Crippen LogP contribution in [0.5, 0.6) is 0 Å². The fraction of sp³-hybridized carbons (Fsp3) is 0.375. The summed E-state index contributed by atoms with van der Waals surface area (Å²) in [7, 11) is 0. The van der Waals surface area contributed by atoms with Crippen molar-refractivity contribution < 1.29 is 22.7 Å². The van der Waals surface area contributed by atoms with Gasteiger partial charge in [0.2, 0.25) is 0 Å². The standard InChI is InChI=1S/C16H15BrF3N3O2S/c1-15(2,3)25-14(24)21-9-5-6-10-13(26-16(18,19)20)11-7-4-8-12(17)23(11)22-10/h4,7-8H,9H2,1-3H3,(H,21,24). The highest BCUT2D eigenvalue weighted by Crippen LogP contribution is 2.41. The number of carbonyl (C=O) groups is 1. The lowest BCUT2D eigenvalue weighted by atomic mass is 10.2. The number of carbonyl (C=O) groups excluding carboxylic acids is 1. The summed E-state index contributed by atoms with van der Waals surface area (Å²) in [6.07, 6.45) is -0.658. The maximum absolute atomic E-state index is 12.9. The second kappa shape index (κ2) is 7.80. The summed E-state index contributed by atoms with van der Waals surface area (Å²) < 4.78 is 45.5. The Morgan fingerprint density at radius 1 is 1.38 bits per heavy atom. The molecule has 0 fully saturated rings. The Morgan fingerprint density at radius 2 is 2.08 bits per heavy atom. The zero-order valence-electron chi connectivity index (χ0n) is 14.1. The maximum atomic E-state index is 12.9. The summed E-state index contributed by atoms with van der Waals surface area (Å²) in [4.78, 5) is 11.4. The maximum Gasteiger partial charge on any atom is 0.446 e. The first-order chi connectivity index (χ1) is 12.0. The number of nitrogens with one attached hydrogen (secondary N) is 1. The van der Waals surface area contributed by atoms with Gasteiger partial charge in [-0.15, -0.1) is 0 Å². The molecular weight excluding hydrogens is 435 g/mol. The summed E-state index contributed by atoms with van der Waals surface area (Å²) in [6, 6.07) is 4.79. The average molecular weight is 450 g/mol. The molecule has 1 amide bonds. The van der Waals surface area contributed by atoms with E-state index >= 15 is 0 Å². The quantitative estimate of drug-likeness (QED) is 0.414. The predicted octanol–water partition coefficient (Wildman–Crippen LogP) is 4.58. The molecule has 2 heterocycles. The number of rotatable bonds is 2. The fourth-order valence-corrected chi connectivity index (χ4v) is 2.97. The number of halogens is 4. The Hall–Kier alpha value is -1.86. The number of alkyl carbamates (subject to hydrolysis) is 1. The number of aromatic nitrogens is 2. The predicted molar refractivity (Wildman–Crippen MR) is 95.9 cm³/mol. The van der Waals surface area contributed by atoms with E-state index in [0.29, 0.717) is 4.60 Å². The van der Waals surface area contributed by atoms with E-state index in [4.69, 9.17) is 4.74 Å². The third kappa shape index (κ3) is 5.85. The van der Waals surface area contributed by atoms with E-state index < -0.39 is 17.2 Å². The van der Waals surface area contributed by atoms with Crippen molar-refractivity contribution in [2.24, 2.45) is 0 Å². The largest absolute Gasteiger partial charge is 0.446 e. The van der Waals surface area contributed by atoms with Crippen molar-refractivity contribution in [3.8, 4) is 11.8 Å². The number of fused-ring (bicyclic) bond motifs is 1. The minimum Gasteiger partial charge on any atom is -0.444 e. The number of pyridine rings is 1. The summed E-state index contributed by atoms with van der Waals surface area (Å²) >= 11 is 2.97. The lowest BCUT2D eigenvalue weighted by Gasteiger charge is -2.18. The van der Waals surface area contributed by atoms with Crippen molar-refractivity contribution in [1.82, 2.24) is 14.9 Å². The topological polar surface area (TPSA) is 55.6 Å². The van der Waals surface area contributed by atoms with E-state index in [1.54, 1.807) is 32.9 Å². The molecule has 2 aromatic heterocycles. The minimum atomic E-state index is -4.48. The molecule has 5 nitrogen and oxygen atoms in total. The molecule has 0 bridgehead atoms. The molecule has 0 aliphatic rings. The summed E-state index contributed by atoms with van der Waals surface area (Å²) in [6.45, 7) is 5.06. The number of amides is 1. The fourth-order valence-electron chi connectivity index (χ4n) is 1.87. The molecule has 0 saturated heterocycles. The van der Waals surface area contributed by atoms with Gasteiger partial charge in [-0.25, -0.2) is 9.31 Å². The van der Waals surface area contributed by atoms with Gasteiger partial charge in [0.25, 0.3) is 0 Å². The van der Waals surface area contributed by atoms with E-state index in [-0.39, 0.29) is 34.4 Å². The summed E-state index contributed by atoms with van der Waals surface area (Å²) in [5, 5.41) is 6.52. The van der Waals surface area contributed by atoms with Crippen LogP contribution in [0, 0.1) is 11.8 Å². The van der Waals surface area contributed by atoms with Gasteiger partial charge >= 0.3 is 11.6 Å². The molecule has 0 atom stereocenters. The van der Waals surface area contributed by atoms with Gasteiger partial charge in [0, 0.05) is 0 Å². The van der Waals surface area contributed by atoms with Crippen molar-refractivity contribution in [3.63, 3.8) is 0 Å². The molecule has 1 N–H and O–H groups in total. The Bertz CT molecular complexity index is 879. The molecule has 140 valence electrons. The molecule has 0 aliphatic carbocycles. The summed E-state index contributed by atoms with van der Waals surface area (Å²) in [5.74, 6) is 5.17. The first-order valence-electron chi connectivity index (χ1n) is 7.35. The van der Waals surface area contributed by atoms with Crippen LogP contribution in [0.3, 0.4) is 0 Å². The van der Waals surface area contributed by atoms with E-state index in [1.807, 2.05) is 0 Å². The monoisotopic (exact) mass is 449 g/mol. The Labute approximate surface area is 160 Å². The molecule has 0 radical (unpaired) electrons. The van der Waals surface area contributed by atoms with Crippen LogP contribution < -0.4 is 5.32 Å². The first-order valence-corrected chi connectivity index (χ1v) is 8.96. The number of hydrogen-bond acceptors (Lipinski definition) is 4. The van der Waals surface area contributed by atoms with Crippen molar-refractivity contribution in [1.29, 1.82) is 0 Å². The zero-order chi connectivity index (χ0) is 19.5. The van der Waals surface area contributed by atoms with Gasteiger partial charge in [-0.05, 0) is 66.5 Å². The highest BCUT2D eigenvalue weighted by Gasteiger charge is 2.32. The molecule has 0 saturated carbocycles. The van der Waals surface area contributed by atoms with E-state index in [2.05, 4.69) is 38.2 Å². The number of nitrogens with zero attached hydrogens (tertiary/aromatic N) is 2. The molecule has 0 unspecified atom stereocenters. The van der Waals surface area contributed by atoms with E-state index in [0.717, 1.165) is 0 Å². The van der Waals surface area contributed by atoms with Crippen LogP contribution in [-0.4, -0.2) is 33.4 Å². The number of thioether (sulfide) groups is 1. The zero-order valence-corrected chi connectivity index (χ0v) is 16.5. The highest BCUT2D eigenvalue weighted by atomic mass is 79.9. The van der Waals surface area contributed by atoms with E-state index in [9.17, 15) is 18.0 Å². The lowest BCUT2D eigenvalue weighted by Crippen LogP contribution is -2.32. The van der Waals surface area contributed by atoms with Gasteiger partial charge in [0.05, 0.1) is 17.0 Å². The van der Waals surface area contributed by atoms with Gasteiger partial charge in [-0.1, -0.05) is 12.0 Å². The van der Waals surface area contributed by atoms with Crippen molar-refractivity contribution in [2.75, 3.05) is 6.54 Å².